The second kappa shape index (κ2) is 9.06. The predicted molar refractivity (Wildman–Crippen MR) is 118 cm³/mol. The number of nitro groups is 1. The van der Waals surface area contributed by atoms with Crippen LogP contribution in [-0.2, 0) is 15.1 Å². The number of carbonyl (C=O) groups is 2. The number of hydrogen-bond acceptors (Lipinski definition) is 6. The first-order valence-electron chi connectivity index (χ1n) is 10.1. The molecule has 0 aromatic heterocycles. The highest BCUT2D eigenvalue weighted by atomic mass is 16.6. The fraction of sp³-hybridized carbons (Fsp3) is 0.250. The Labute approximate surface area is 180 Å². The van der Waals surface area contributed by atoms with Crippen LogP contribution >= 0.6 is 0 Å². The molecule has 7 nitrogen and oxygen atoms in total. The molecule has 0 spiro atoms. The van der Waals surface area contributed by atoms with Crippen LogP contribution in [0.15, 0.2) is 60.7 Å². The SMILES string of the molecule is CCCCC(=O)C(N)(c1cccc([N+](=O)[O-])c1)c1c(OC(C)=O)ccc2ccccc12. The number of benzene rings is 3. The molecule has 0 bridgehead atoms. The van der Waals surface area contributed by atoms with Crippen LogP contribution in [0.2, 0.25) is 0 Å². The van der Waals surface area contributed by atoms with Gasteiger partial charge in [-0.25, -0.2) is 0 Å². The molecule has 31 heavy (non-hydrogen) atoms. The summed E-state index contributed by atoms with van der Waals surface area (Å²) in [5.74, 6) is -0.705. The van der Waals surface area contributed by atoms with Crippen LogP contribution in [0.1, 0.15) is 44.2 Å². The average Bonchev–Trinajstić information content (AvgIpc) is 2.76. The molecule has 0 aliphatic heterocycles. The Morgan fingerprint density at radius 2 is 1.84 bits per heavy atom. The first-order chi connectivity index (χ1) is 14.8. The molecular weight excluding hydrogens is 396 g/mol. The fourth-order valence-electron chi connectivity index (χ4n) is 3.74. The van der Waals surface area contributed by atoms with Crippen LogP contribution in [0.25, 0.3) is 10.8 Å². The van der Waals surface area contributed by atoms with Gasteiger partial charge in [0, 0.05) is 31.0 Å². The summed E-state index contributed by atoms with van der Waals surface area (Å²) in [6.07, 6.45) is 1.57. The van der Waals surface area contributed by atoms with E-state index in [-0.39, 0.29) is 29.2 Å². The third-order valence-electron chi connectivity index (χ3n) is 5.25. The maximum atomic E-state index is 13.6. The van der Waals surface area contributed by atoms with Crippen molar-refractivity contribution in [2.24, 2.45) is 5.73 Å². The van der Waals surface area contributed by atoms with Crippen LogP contribution in [0.3, 0.4) is 0 Å². The van der Waals surface area contributed by atoms with Crippen molar-refractivity contribution >= 4 is 28.2 Å². The molecule has 0 fully saturated rings. The minimum atomic E-state index is -1.74. The molecule has 0 aliphatic carbocycles. The summed E-state index contributed by atoms with van der Waals surface area (Å²) >= 11 is 0. The Kier molecular flexibility index (Phi) is 6.46. The molecule has 160 valence electrons. The summed E-state index contributed by atoms with van der Waals surface area (Å²) in [7, 11) is 0. The van der Waals surface area contributed by atoms with Crippen molar-refractivity contribution in [3.05, 3.63) is 81.9 Å². The number of fused-ring (bicyclic) bond motifs is 1. The summed E-state index contributed by atoms with van der Waals surface area (Å²) in [5, 5.41) is 12.8. The van der Waals surface area contributed by atoms with Gasteiger partial charge in [-0.05, 0) is 28.8 Å². The van der Waals surface area contributed by atoms with E-state index in [1.807, 2.05) is 19.1 Å². The lowest BCUT2D eigenvalue weighted by atomic mass is 9.76. The van der Waals surface area contributed by atoms with Gasteiger partial charge in [0.15, 0.2) is 5.78 Å². The molecule has 3 aromatic carbocycles. The second-order valence-electron chi connectivity index (χ2n) is 7.40. The topological polar surface area (TPSA) is 113 Å². The Morgan fingerprint density at radius 1 is 1.10 bits per heavy atom. The van der Waals surface area contributed by atoms with Crippen molar-refractivity contribution < 1.29 is 19.2 Å². The zero-order valence-corrected chi connectivity index (χ0v) is 17.5. The zero-order chi connectivity index (χ0) is 22.6. The number of Topliss-reactive ketones (excluding diaryl/α,β-unsaturated/α-hetero) is 1. The minimum absolute atomic E-state index is 0.157. The van der Waals surface area contributed by atoms with Crippen LogP contribution in [-0.4, -0.2) is 16.7 Å². The summed E-state index contributed by atoms with van der Waals surface area (Å²) in [4.78, 5) is 36.2. The van der Waals surface area contributed by atoms with E-state index in [1.165, 1.54) is 25.1 Å². The van der Waals surface area contributed by atoms with Crippen LogP contribution in [0, 0.1) is 10.1 Å². The summed E-state index contributed by atoms with van der Waals surface area (Å²) in [6, 6.07) is 16.4. The lowest BCUT2D eigenvalue weighted by molar-refractivity contribution is -0.384. The zero-order valence-electron chi connectivity index (χ0n) is 17.5. The number of carbonyl (C=O) groups excluding carboxylic acids is 2. The first-order valence-corrected chi connectivity index (χ1v) is 10.1. The largest absolute Gasteiger partial charge is 0.426 e. The highest BCUT2D eigenvalue weighted by molar-refractivity contribution is 6.01. The van der Waals surface area contributed by atoms with Crippen molar-refractivity contribution in [2.75, 3.05) is 0 Å². The van der Waals surface area contributed by atoms with E-state index in [2.05, 4.69) is 0 Å². The summed E-state index contributed by atoms with van der Waals surface area (Å²) < 4.78 is 5.45. The summed E-state index contributed by atoms with van der Waals surface area (Å²) in [6.45, 7) is 3.23. The molecule has 1 unspecified atom stereocenters. The molecule has 0 aliphatic rings. The van der Waals surface area contributed by atoms with Gasteiger partial charge in [-0.1, -0.05) is 55.8 Å². The van der Waals surface area contributed by atoms with Crippen LogP contribution < -0.4 is 10.5 Å². The molecule has 0 amide bonds. The number of nitro benzene ring substituents is 1. The van der Waals surface area contributed by atoms with Crippen molar-refractivity contribution in [1.82, 2.24) is 0 Å². The van der Waals surface area contributed by atoms with Gasteiger partial charge >= 0.3 is 5.97 Å². The highest BCUT2D eigenvalue weighted by Crippen LogP contribution is 2.41. The predicted octanol–water partition coefficient (Wildman–Crippen LogP) is 4.63. The average molecular weight is 420 g/mol. The van der Waals surface area contributed by atoms with Gasteiger partial charge in [0.1, 0.15) is 11.3 Å². The number of nitrogens with zero attached hydrogens (tertiary/aromatic N) is 1. The van der Waals surface area contributed by atoms with E-state index in [1.54, 1.807) is 30.3 Å². The highest BCUT2D eigenvalue weighted by Gasteiger charge is 2.41. The fourth-order valence-corrected chi connectivity index (χ4v) is 3.74. The van der Waals surface area contributed by atoms with Gasteiger partial charge in [-0.2, -0.15) is 0 Å². The molecule has 1 atom stereocenters. The number of ether oxygens (including phenoxy) is 1. The van der Waals surface area contributed by atoms with Gasteiger partial charge in [-0.3, -0.25) is 19.7 Å². The lowest BCUT2D eigenvalue weighted by Crippen LogP contribution is -2.46. The van der Waals surface area contributed by atoms with E-state index >= 15 is 0 Å². The van der Waals surface area contributed by atoms with E-state index in [4.69, 9.17) is 10.5 Å². The maximum Gasteiger partial charge on any atom is 0.308 e. The monoisotopic (exact) mass is 420 g/mol. The minimum Gasteiger partial charge on any atom is -0.426 e. The van der Waals surface area contributed by atoms with Crippen molar-refractivity contribution in [2.45, 2.75) is 38.6 Å². The van der Waals surface area contributed by atoms with Gasteiger partial charge in [-0.15, -0.1) is 0 Å². The molecule has 0 radical (unpaired) electrons. The normalized spacial score (nSPS) is 12.9. The standard InChI is InChI=1S/C24H24N2O5/c1-3-4-12-22(28)24(25,18-9-7-10-19(15-18)26(29)30)23-20-11-6-5-8-17(20)13-14-21(23)31-16(2)27/h5-11,13-15H,3-4,12,25H2,1-2H3. The van der Waals surface area contributed by atoms with Gasteiger partial charge in [0.25, 0.3) is 5.69 Å². The van der Waals surface area contributed by atoms with E-state index < -0.39 is 16.4 Å². The smallest absolute Gasteiger partial charge is 0.308 e. The lowest BCUT2D eigenvalue weighted by Gasteiger charge is -2.32. The number of nitrogens with two attached hydrogens (primary N) is 1. The molecular formula is C24H24N2O5. The Balaban J connectivity index is 2.38. The number of rotatable bonds is 8. The molecule has 0 heterocycles. The number of unbranched alkanes of at least 4 members (excludes halogenated alkanes) is 1. The molecule has 3 rings (SSSR count). The van der Waals surface area contributed by atoms with Crippen LogP contribution in [0.4, 0.5) is 5.69 Å². The quantitative estimate of drug-likeness (QED) is 0.246. The number of hydrogen-bond donors (Lipinski definition) is 1. The summed E-state index contributed by atoms with van der Waals surface area (Å²) in [5.41, 5.74) is 5.55. The molecule has 2 N–H and O–H groups in total. The van der Waals surface area contributed by atoms with E-state index in [0.29, 0.717) is 17.4 Å². The van der Waals surface area contributed by atoms with Gasteiger partial charge in [0.05, 0.1) is 4.92 Å². The number of esters is 1. The third kappa shape index (κ3) is 4.32. The third-order valence-corrected chi connectivity index (χ3v) is 5.25. The van der Waals surface area contributed by atoms with E-state index in [9.17, 15) is 19.7 Å². The Hall–Kier alpha value is -3.58. The van der Waals surface area contributed by atoms with Gasteiger partial charge in [0.2, 0.25) is 0 Å². The molecule has 7 heteroatoms. The van der Waals surface area contributed by atoms with Crippen molar-refractivity contribution in [1.29, 1.82) is 0 Å². The molecule has 0 saturated carbocycles. The van der Waals surface area contributed by atoms with Gasteiger partial charge < -0.3 is 10.5 Å². The number of ketones is 1. The Bertz CT molecular complexity index is 1160. The van der Waals surface area contributed by atoms with Crippen LogP contribution in [0.5, 0.6) is 5.75 Å². The van der Waals surface area contributed by atoms with Crippen molar-refractivity contribution in [3.63, 3.8) is 0 Å². The maximum absolute atomic E-state index is 13.6. The van der Waals surface area contributed by atoms with Crippen molar-refractivity contribution in [3.8, 4) is 5.75 Å². The first kappa shape index (κ1) is 22.1. The molecule has 0 saturated heterocycles. The van der Waals surface area contributed by atoms with E-state index in [0.717, 1.165) is 11.8 Å². The second-order valence-corrected chi connectivity index (χ2v) is 7.40. The Morgan fingerprint density at radius 3 is 2.52 bits per heavy atom. The molecule has 3 aromatic rings. The number of non-ortho nitro benzene ring substituents is 1.